The molecule has 0 fully saturated rings. The van der Waals surface area contributed by atoms with E-state index in [4.69, 9.17) is 4.42 Å². The average molecular weight is 261 g/mol. The second-order valence-electron chi connectivity index (χ2n) is 5.16. The lowest BCUT2D eigenvalue weighted by atomic mass is 10.1. The molecular formula is C15H23N3O. The van der Waals surface area contributed by atoms with Crippen LogP contribution in [0, 0.1) is 13.8 Å². The lowest BCUT2D eigenvalue weighted by Gasteiger charge is -2.05. The first-order valence-electron chi connectivity index (χ1n) is 6.89. The molecule has 0 aromatic carbocycles. The Morgan fingerprint density at radius 2 is 2.05 bits per heavy atom. The van der Waals surface area contributed by atoms with Crippen LogP contribution < -0.4 is 5.32 Å². The number of hydrogen-bond donors (Lipinski definition) is 1. The van der Waals surface area contributed by atoms with Crippen LogP contribution in [0.25, 0.3) is 11.3 Å². The molecule has 2 rings (SSSR count). The highest BCUT2D eigenvalue weighted by Gasteiger charge is 2.15. The summed E-state index contributed by atoms with van der Waals surface area (Å²) >= 11 is 0. The minimum atomic E-state index is 0.458. The summed E-state index contributed by atoms with van der Waals surface area (Å²) in [5, 5.41) is 7.89. The summed E-state index contributed by atoms with van der Waals surface area (Å²) in [6.07, 6.45) is 0. The van der Waals surface area contributed by atoms with Gasteiger partial charge in [-0.3, -0.25) is 4.68 Å². The van der Waals surface area contributed by atoms with Crippen LogP contribution in [0.3, 0.4) is 0 Å². The van der Waals surface area contributed by atoms with Gasteiger partial charge in [0.25, 0.3) is 0 Å². The largest absolute Gasteiger partial charge is 0.460 e. The summed E-state index contributed by atoms with van der Waals surface area (Å²) in [5.74, 6) is 1.88. The van der Waals surface area contributed by atoms with Gasteiger partial charge in [0.2, 0.25) is 0 Å². The van der Waals surface area contributed by atoms with E-state index in [0.717, 1.165) is 41.6 Å². The zero-order chi connectivity index (χ0) is 14.0. The maximum atomic E-state index is 5.92. The van der Waals surface area contributed by atoms with Gasteiger partial charge in [0.1, 0.15) is 11.5 Å². The van der Waals surface area contributed by atoms with Gasteiger partial charge in [-0.15, -0.1) is 0 Å². The number of hydrogen-bond acceptors (Lipinski definition) is 3. The number of aromatic nitrogens is 2. The molecule has 1 N–H and O–H groups in total. The molecule has 0 aliphatic heterocycles. The van der Waals surface area contributed by atoms with Crippen molar-refractivity contribution in [2.45, 2.75) is 53.8 Å². The molecule has 0 aliphatic carbocycles. The van der Waals surface area contributed by atoms with Crippen LogP contribution in [0.1, 0.15) is 37.9 Å². The topological polar surface area (TPSA) is 43.0 Å². The molecule has 0 amide bonds. The molecule has 0 aliphatic rings. The maximum Gasteiger partial charge on any atom is 0.138 e. The predicted octanol–water partition coefficient (Wildman–Crippen LogP) is 3.28. The van der Waals surface area contributed by atoms with E-state index in [1.807, 2.05) is 23.7 Å². The van der Waals surface area contributed by atoms with Crippen molar-refractivity contribution in [1.82, 2.24) is 15.1 Å². The SMILES string of the molecule is CCn1nc(C)c(-c2ccc(CNC(C)C)o2)c1C. The highest BCUT2D eigenvalue weighted by atomic mass is 16.3. The summed E-state index contributed by atoms with van der Waals surface area (Å²) < 4.78 is 7.94. The molecule has 0 unspecified atom stereocenters. The Balaban J connectivity index is 2.25. The van der Waals surface area contributed by atoms with Crippen LogP contribution in [0.4, 0.5) is 0 Å². The lowest BCUT2D eigenvalue weighted by molar-refractivity contribution is 0.473. The highest BCUT2D eigenvalue weighted by molar-refractivity contribution is 5.63. The summed E-state index contributed by atoms with van der Waals surface area (Å²) in [6.45, 7) is 12.1. The minimum Gasteiger partial charge on any atom is -0.460 e. The molecule has 4 nitrogen and oxygen atoms in total. The monoisotopic (exact) mass is 261 g/mol. The third kappa shape index (κ3) is 2.89. The van der Waals surface area contributed by atoms with Gasteiger partial charge >= 0.3 is 0 Å². The minimum absolute atomic E-state index is 0.458. The van der Waals surface area contributed by atoms with E-state index in [-0.39, 0.29) is 0 Å². The zero-order valence-corrected chi connectivity index (χ0v) is 12.4. The van der Waals surface area contributed by atoms with E-state index in [2.05, 4.69) is 38.1 Å². The lowest BCUT2D eigenvalue weighted by Crippen LogP contribution is -2.21. The van der Waals surface area contributed by atoms with Crippen LogP contribution in [0.15, 0.2) is 16.5 Å². The molecule has 2 aromatic heterocycles. The third-order valence-electron chi connectivity index (χ3n) is 3.27. The maximum absolute atomic E-state index is 5.92. The third-order valence-corrected chi connectivity index (χ3v) is 3.27. The summed E-state index contributed by atoms with van der Waals surface area (Å²) in [7, 11) is 0. The standard InChI is InChI=1S/C15H23N3O/c1-6-18-12(5)15(11(4)17-18)14-8-7-13(19-14)9-16-10(2)3/h7-8,10,16H,6,9H2,1-5H3. The molecule has 0 radical (unpaired) electrons. The Kier molecular flexibility index (Phi) is 4.10. The molecule has 19 heavy (non-hydrogen) atoms. The van der Waals surface area contributed by atoms with Gasteiger partial charge in [0.15, 0.2) is 0 Å². The molecule has 2 aromatic rings. The number of rotatable bonds is 5. The quantitative estimate of drug-likeness (QED) is 0.898. The molecular weight excluding hydrogens is 238 g/mol. The van der Waals surface area contributed by atoms with E-state index < -0.39 is 0 Å². The molecule has 0 atom stereocenters. The Bertz CT molecular complexity index is 552. The number of nitrogens with zero attached hydrogens (tertiary/aromatic N) is 2. The van der Waals surface area contributed by atoms with Gasteiger partial charge < -0.3 is 9.73 Å². The summed E-state index contributed by atoms with van der Waals surface area (Å²) in [4.78, 5) is 0. The summed E-state index contributed by atoms with van der Waals surface area (Å²) in [5.41, 5.74) is 3.31. The van der Waals surface area contributed by atoms with Crippen molar-refractivity contribution >= 4 is 0 Å². The molecule has 0 saturated carbocycles. The van der Waals surface area contributed by atoms with Crippen molar-refractivity contribution in [3.63, 3.8) is 0 Å². The van der Waals surface area contributed by atoms with Gasteiger partial charge in [-0.25, -0.2) is 0 Å². The van der Waals surface area contributed by atoms with E-state index in [0.29, 0.717) is 6.04 Å². The fourth-order valence-corrected chi connectivity index (χ4v) is 2.27. The molecule has 4 heteroatoms. The molecule has 104 valence electrons. The van der Waals surface area contributed by atoms with Crippen molar-refractivity contribution in [2.75, 3.05) is 0 Å². The van der Waals surface area contributed by atoms with Crippen molar-refractivity contribution in [1.29, 1.82) is 0 Å². The van der Waals surface area contributed by atoms with Crippen molar-refractivity contribution < 1.29 is 4.42 Å². The fraction of sp³-hybridized carbons (Fsp3) is 0.533. The zero-order valence-electron chi connectivity index (χ0n) is 12.4. The van der Waals surface area contributed by atoms with Crippen LogP contribution in [-0.4, -0.2) is 15.8 Å². The molecule has 0 spiro atoms. The smallest absolute Gasteiger partial charge is 0.138 e. The first-order chi connectivity index (χ1) is 9.02. The highest BCUT2D eigenvalue weighted by Crippen LogP contribution is 2.28. The number of furan rings is 1. The van der Waals surface area contributed by atoms with E-state index in [9.17, 15) is 0 Å². The molecule has 2 heterocycles. The van der Waals surface area contributed by atoms with Crippen molar-refractivity contribution in [3.8, 4) is 11.3 Å². The Hall–Kier alpha value is -1.55. The van der Waals surface area contributed by atoms with Crippen molar-refractivity contribution in [3.05, 3.63) is 29.3 Å². The Morgan fingerprint density at radius 1 is 1.32 bits per heavy atom. The van der Waals surface area contributed by atoms with Crippen LogP contribution >= 0.6 is 0 Å². The fourth-order valence-electron chi connectivity index (χ4n) is 2.27. The van der Waals surface area contributed by atoms with Gasteiger partial charge in [0, 0.05) is 18.3 Å². The predicted molar refractivity (Wildman–Crippen MR) is 77.1 cm³/mol. The van der Waals surface area contributed by atoms with Gasteiger partial charge in [0.05, 0.1) is 17.8 Å². The number of aryl methyl sites for hydroxylation is 2. The Labute approximate surface area is 114 Å². The first kappa shape index (κ1) is 13.9. The molecule has 0 bridgehead atoms. The van der Waals surface area contributed by atoms with Crippen LogP contribution in [-0.2, 0) is 13.1 Å². The van der Waals surface area contributed by atoms with Gasteiger partial charge in [-0.1, -0.05) is 13.8 Å². The average Bonchev–Trinajstić information content (AvgIpc) is 2.91. The van der Waals surface area contributed by atoms with E-state index in [1.165, 1.54) is 0 Å². The van der Waals surface area contributed by atoms with Crippen molar-refractivity contribution in [2.24, 2.45) is 0 Å². The summed E-state index contributed by atoms with van der Waals surface area (Å²) in [6, 6.07) is 4.53. The second kappa shape index (κ2) is 5.61. The normalized spacial score (nSPS) is 11.5. The van der Waals surface area contributed by atoms with Crippen LogP contribution in [0.5, 0.6) is 0 Å². The van der Waals surface area contributed by atoms with Gasteiger partial charge in [-0.2, -0.15) is 5.10 Å². The van der Waals surface area contributed by atoms with Crippen LogP contribution in [0.2, 0.25) is 0 Å². The van der Waals surface area contributed by atoms with E-state index >= 15 is 0 Å². The Morgan fingerprint density at radius 3 is 2.63 bits per heavy atom. The number of nitrogens with one attached hydrogen (secondary N) is 1. The first-order valence-corrected chi connectivity index (χ1v) is 6.89. The second-order valence-corrected chi connectivity index (χ2v) is 5.16. The molecule has 0 saturated heterocycles. The van der Waals surface area contributed by atoms with Gasteiger partial charge in [-0.05, 0) is 32.9 Å². The van der Waals surface area contributed by atoms with E-state index in [1.54, 1.807) is 0 Å².